The van der Waals surface area contributed by atoms with E-state index in [0.717, 1.165) is 30.5 Å². The van der Waals surface area contributed by atoms with Crippen LogP contribution in [-0.2, 0) is 6.54 Å². The topological polar surface area (TPSA) is 15.3 Å². The van der Waals surface area contributed by atoms with Gasteiger partial charge in [0.05, 0.1) is 4.34 Å². The summed E-state index contributed by atoms with van der Waals surface area (Å²) in [4.78, 5) is 3.59. The average Bonchev–Trinajstić information content (AvgIpc) is 2.58. The maximum absolute atomic E-state index is 5.83. The van der Waals surface area contributed by atoms with Crippen LogP contribution in [0.3, 0.4) is 0 Å². The molecule has 0 unspecified atom stereocenters. The van der Waals surface area contributed by atoms with E-state index in [9.17, 15) is 0 Å². The van der Waals surface area contributed by atoms with Gasteiger partial charge in [-0.25, -0.2) is 0 Å². The highest BCUT2D eigenvalue weighted by atomic mass is 35.5. The molecule has 1 N–H and O–H groups in total. The lowest BCUT2D eigenvalue weighted by atomic mass is 10.4. The van der Waals surface area contributed by atoms with Gasteiger partial charge in [0.25, 0.3) is 0 Å². The molecule has 0 amide bonds. The van der Waals surface area contributed by atoms with Gasteiger partial charge in [0, 0.05) is 24.5 Å². The second-order valence-corrected chi connectivity index (χ2v) is 5.08. The van der Waals surface area contributed by atoms with Crippen LogP contribution in [0.5, 0.6) is 0 Å². The summed E-state index contributed by atoms with van der Waals surface area (Å²) < 4.78 is 0.868. The van der Waals surface area contributed by atoms with Crippen molar-refractivity contribution < 1.29 is 0 Å². The van der Waals surface area contributed by atoms with Crippen molar-refractivity contribution in [3.05, 3.63) is 21.3 Å². The van der Waals surface area contributed by atoms with Crippen molar-refractivity contribution in [3.63, 3.8) is 0 Å². The van der Waals surface area contributed by atoms with Crippen LogP contribution < -0.4 is 5.32 Å². The molecule has 0 aromatic carbocycles. The highest BCUT2D eigenvalue weighted by Gasteiger charge is 1.97. The second-order valence-electron chi connectivity index (χ2n) is 3.28. The molecule has 0 bridgehead atoms. The van der Waals surface area contributed by atoms with Gasteiger partial charge in [-0.1, -0.05) is 18.5 Å². The summed E-state index contributed by atoms with van der Waals surface area (Å²) >= 11 is 7.47. The Hall–Kier alpha value is -0.0900. The van der Waals surface area contributed by atoms with Crippen LogP contribution in [0.1, 0.15) is 11.8 Å². The predicted octanol–water partition coefficient (Wildman–Crippen LogP) is 2.44. The van der Waals surface area contributed by atoms with Crippen LogP contribution in [0.2, 0.25) is 4.34 Å². The zero-order chi connectivity index (χ0) is 10.4. The average molecular weight is 233 g/mol. The first-order valence-electron chi connectivity index (χ1n) is 4.86. The van der Waals surface area contributed by atoms with Gasteiger partial charge >= 0.3 is 0 Å². The molecule has 0 saturated heterocycles. The fourth-order valence-corrected chi connectivity index (χ4v) is 2.14. The minimum Gasteiger partial charge on any atom is -0.311 e. The van der Waals surface area contributed by atoms with Gasteiger partial charge in [-0.15, -0.1) is 11.3 Å². The molecule has 1 aromatic rings. The maximum atomic E-state index is 5.83. The van der Waals surface area contributed by atoms with Crippen molar-refractivity contribution in [3.8, 4) is 0 Å². The van der Waals surface area contributed by atoms with Crippen LogP contribution in [-0.4, -0.2) is 31.6 Å². The molecular weight excluding hydrogens is 216 g/mol. The minimum atomic E-state index is 0.868. The Bertz CT molecular complexity index is 262. The highest BCUT2D eigenvalue weighted by Crippen LogP contribution is 2.20. The molecule has 14 heavy (non-hydrogen) atoms. The van der Waals surface area contributed by atoms with Crippen LogP contribution >= 0.6 is 22.9 Å². The molecule has 1 heterocycles. The number of halogens is 1. The number of rotatable bonds is 6. The standard InChI is InChI=1S/C10H17ClN2S/c1-3-13(2)7-6-12-8-9-4-5-10(11)14-9/h4-5,12H,3,6-8H2,1-2H3. The number of hydrogen-bond acceptors (Lipinski definition) is 3. The normalized spacial score (nSPS) is 11.1. The number of nitrogens with zero attached hydrogens (tertiary/aromatic N) is 1. The van der Waals surface area contributed by atoms with Crippen LogP contribution in [0.15, 0.2) is 12.1 Å². The summed E-state index contributed by atoms with van der Waals surface area (Å²) in [6, 6.07) is 4.02. The predicted molar refractivity (Wildman–Crippen MR) is 64.2 cm³/mol. The first-order chi connectivity index (χ1) is 6.72. The van der Waals surface area contributed by atoms with E-state index >= 15 is 0 Å². The minimum absolute atomic E-state index is 0.868. The molecule has 1 aromatic heterocycles. The number of likely N-dealkylation sites (N-methyl/N-ethyl adjacent to an activating group) is 1. The molecule has 4 heteroatoms. The van der Waals surface area contributed by atoms with E-state index in [0.29, 0.717) is 0 Å². The third-order valence-corrected chi connectivity index (χ3v) is 3.37. The lowest BCUT2D eigenvalue weighted by molar-refractivity contribution is 0.349. The Labute approximate surface area is 94.9 Å². The number of hydrogen-bond donors (Lipinski definition) is 1. The van der Waals surface area contributed by atoms with Crippen molar-refractivity contribution in [1.29, 1.82) is 0 Å². The van der Waals surface area contributed by atoms with E-state index in [1.165, 1.54) is 4.88 Å². The largest absolute Gasteiger partial charge is 0.311 e. The molecule has 0 saturated carbocycles. The van der Waals surface area contributed by atoms with Crippen molar-refractivity contribution in [2.75, 3.05) is 26.7 Å². The fraction of sp³-hybridized carbons (Fsp3) is 0.600. The number of thiophene rings is 1. The van der Waals surface area contributed by atoms with E-state index in [4.69, 9.17) is 11.6 Å². The molecular formula is C10H17ClN2S. The Balaban J connectivity index is 2.10. The number of nitrogens with one attached hydrogen (secondary N) is 1. The van der Waals surface area contributed by atoms with Gasteiger partial charge in [0.1, 0.15) is 0 Å². The van der Waals surface area contributed by atoms with E-state index < -0.39 is 0 Å². The Morgan fingerprint density at radius 2 is 2.29 bits per heavy atom. The van der Waals surface area contributed by atoms with Crippen LogP contribution in [0.4, 0.5) is 0 Å². The Morgan fingerprint density at radius 3 is 2.86 bits per heavy atom. The molecule has 80 valence electrons. The molecule has 0 fully saturated rings. The van der Waals surface area contributed by atoms with Crippen molar-refractivity contribution in [2.24, 2.45) is 0 Å². The summed E-state index contributed by atoms with van der Waals surface area (Å²) in [6.45, 7) is 6.32. The molecule has 0 aliphatic heterocycles. The first-order valence-corrected chi connectivity index (χ1v) is 6.05. The summed E-state index contributed by atoms with van der Waals surface area (Å²) in [6.07, 6.45) is 0. The van der Waals surface area contributed by atoms with Crippen molar-refractivity contribution in [1.82, 2.24) is 10.2 Å². The summed E-state index contributed by atoms with van der Waals surface area (Å²) in [7, 11) is 2.13. The van der Waals surface area contributed by atoms with Gasteiger partial charge in [0.15, 0.2) is 0 Å². The molecule has 0 atom stereocenters. The lowest BCUT2D eigenvalue weighted by Gasteiger charge is -2.13. The van der Waals surface area contributed by atoms with Gasteiger partial charge in [-0.2, -0.15) is 0 Å². The van der Waals surface area contributed by atoms with E-state index in [-0.39, 0.29) is 0 Å². The quantitative estimate of drug-likeness (QED) is 0.758. The van der Waals surface area contributed by atoms with Gasteiger partial charge in [-0.05, 0) is 25.7 Å². The first kappa shape index (κ1) is 12.0. The summed E-state index contributed by atoms with van der Waals surface area (Å²) in [5.74, 6) is 0. The maximum Gasteiger partial charge on any atom is 0.0931 e. The van der Waals surface area contributed by atoms with Gasteiger partial charge in [0.2, 0.25) is 0 Å². The van der Waals surface area contributed by atoms with E-state index in [2.05, 4.69) is 30.3 Å². The fourth-order valence-electron chi connectivity index (χ4n) is 1.09. The Morgan fingerprint density at radius 1 is 1.50 bits per heavy atom. The zero-order valence-corrected chi connectivity index (χ0v) is 10.3. The molecule has 0 radical (unpaired) electrons. The summed E-state index contributed by atoms with van der Waals surface area (Å²) in [5.41, 5.74) is 0. The van der Waals surface area contributed by atoms with Crippen LogP contribution in [0.25, 0.3) is 0 Å². The SMILES string of the molecule is CCN(C)CCNCc1ccc(Cl)s1. The summed E-state index contributed by atoms with van der Waals surface area (Å²) in [5, 5.41) is 3.39. The molecule has 1 rings (SSSR count). The smallest absolute Gasteiger partial charge is 0.0931 e. The van der Waals surface area contributed by atoms with Gasteiger partial charge in [-0.3, -0.25) is 0 Å². The molecule has 0 spiro atoms. The van der Waals surface area contributed by atoms with Crippen molar-refractivity contribution >= 4 is 22.9 Å². The molecule has 2 nitrogen and oxygen atoms in total. The van der Waals surface area contributed by atoms with E-state index in [1.807, 2.05) is 6.07 Å². The molecule has 0 aliphatic carbocycles. The van der Waals surface area contributed by atoms with Gasteiger partial charge < -0.3 is 10.2 Å². The third kappa shape index (κ3) is 4.42. The van der Waals surface area contributed by atoms with E-state index in [1.54, 1.807) is 11.3 Å². The lowest BCUT2D eigenvalue weighted by Crippen LogP contribution is -2.28. The third-order valence-electron chi connectivity index (χ3n) is 2.14. The van der Waals surface area contributed by atoms with Crippen LogP contribution in [0, 0.1) is 0 Å². The Kier molecular flexibility index (Phi) is 5.48. The highest BCUT2D eigenvalue weighted by molar-refractivity contribution is 7.16. The van der Waals surface area contributed by atoms with Crippen molar-refractivity contribution in [2.45, 2.75) is 13.5 Å². The zero-order valence-electron chi connectivity index (χ0n) is 8.72. The second kappa shape index (κ2) is 6.40. The molecule has 0 aliphatic rings. The monoisotopic (exact) mass is 232 g/mol.